The number of fused-ring (bicyclic) bond motifs is 4. The molecule has 0 unspecified atom stereocenters. The molecule has 4 bridgehead atoms. The van der Waals surface area contributed by atoms with Crippen LogP contribution >= 0.6 is 0 Å². The van der Waals surface area contributed by atoms with Crippen LogP contribution in [0.5, 0.6) is 0 Å². The lowest BCUT2D eigenvalue weighted by atomic mass is 9.37. The van der Waals surface area contributed by atoms with Crippen LogP contribution in [0.2, 0.25) is 0 Å². The summed E-state index contributed by atoms with van der Waals surface area (Å²) >= 11 is 0. The molecule has 1 N–H and O–H groups in total. The normalized spacial score (nSPS) is 46.8. The highest BCUT2D eigenvalue weighted by Crippen LogP contribution is 2.74. The fourth-order valence-corrected chi connectivity index (χ4v) is 9.11. The third-order valence-corrected chi connectivity index (χ3v) is 10.9. The van der Waals surface area contributed by atoms with Crippen molar-refractivity contribution < 1.29 is 42.9 Å². The van der Waals surface area contributed by atoms with Crippen LogP contribution in [0.15, 0.2) is 34.7 Å². The fourth-order valence-electron chi connectivity index (χ4n) is 9.11. The average molecular weight is 529 g/mol. The molecule has 9 nitrogen and oxygen atoms in total. The number of ether oxygens (including phenoxy) is 4. The Morgan fingerprint density at radius 1 is 1.18 bits per heavy atom. The van der Waals surface area contributed by atoms with E-state index in [1.54, 1.807) is 12.5 Å². The van der Waals surface area contributed by atoms with Crippen molar-refractivity contribution in [3.8, 4) is 0 Å². The van der Waals surface area contributed by atoms with E-state index in [0.717, 1.165) is 17.6 Å². The van der Waals surface area contributed by atoms with Crippen molar-refractivity contribution in [3.05, 3.63) is 35.8 Å². The molecule has 2 saturated carbocycles. The molecule has 0 amide bonds. The number of carbonyl (C=O) groups is 3. The van der Waals surface area contributed by atoms with Gasteiger partial charge in [-0.1, -0.05) is 32.4 Å². The molecular formula is C29H36O9. The van der Waals surface area contributed by atoms with E-state index >= 15 is 0 Å². The first-order chi connectivity index (χ1) is 17.9. The lowest BCUT2D eigenvalue weighted by Crippen LogP contribution is -2.80. The largest absolute Gasteiger partial charge is 0.472 e. The van der Waals surface area contributed by atoms with Crippen LogP contribution in [0.1, 0.15) is 65.0 Å². The number of cyclic esters (lactones) is 1. The number of allylic oxidation sites excluding steroid dienone is 1. The molecule has 1 aromatic rings. The molecule has 7 rings (SSSR count). The van der Waals surface area contributed by atoms with Gasteiger partial charge in [-0.15, -0.1) is 0 Å². The van der Waals surface area contributed by atoms with E-state index in [4.69, 9.17) is 23.4 Å². The van der Waals surface area contributed by atoms with E-state index in [1.807, 2.05) is 26.0 Å². The Labute approximate surface area is 221 Å². The molecular weight excluding hydrogens is 492 g/mol. The standard InChI is InChI=1S/C29H36O9/c1-15(30)37-25-20-10-17-18(28(4)21(12-22(31)34-5)27(25,3)14-36-29(20,28)33)6-8-26(2)19(17)11-23(32)38-24(26)16-7-9-35-13-16/h7,9-10,13,18-21,24-25,33H,6,8,11-12,14H2,1-5H3/t18-,19-,20-,21-,24-,25+,26+,27-,28+,29+/m0/s1. The number of carbonyl (C=O) groups excluding carboxylic acids is 3. The second-order valence-electron chi connectivity index (χ2n) is 12.6. The monoisotopic (exact) mass is 528 g/mol. The molecule has 5 fully saturated rings. The van der Waals surface area contributed by atoms with E-state index in [-0.39, 0.29) is 49.1 Å². The zero-order valence-electron chi connectivity index (χ0n) is 22.5. The van der Waals surface area contributed by atoms with Gasteiger partial charge in [-0.05, 0) is 36.7 Å². The Bertz CT molecular complexity index is 1200. The Hall–Kier alpha value is -2.65. The molecule has 3 saturated heterocycles. The third-order valence-electron chi connectivity index (χ3n) is 10.9. The first kappa shape index (κ1) is 25.6. The van der Waals surface area contributed by atoms with Gasteiger partial charge in [-0.3, -0.25) is 14.4 Å². The van der Waals surface area contributed by atoms with Gasteiger partial charge in [0, 0.05) is 35.2 Å². The second-order valence-corrected chi connectivity index (χ2v) is 12.6. The number of hydrogen-bond acceptors (Lipinski definition) is 9. The summed E-state index contributed by atoms with van der Waals surface area (Å²) in [5, 5.41) is 12.3. The van der Waals surface area contributed by atoms with Gasteiger partial charge in [0.25, 0.3) is 0 Å². The Kier molecular flexibility index (Phi) is 5.51. The van der Waals surface area contributed by atoms with E-state index in [1.165, 1.54) is 14.0 Å². The van der Waals surface area contributed by atoms with Crippen LogP contribution in [-0.2, 0) is 33.3 Å². The minimum atomic E-state index is -1.65. The van der Waals surface area contributed by atoms with Crippen LogP contribution in [0, 0.1) is 39.9 Å². The zero-order valence-corrected chi connectivity index (χ0v) is 22.5. The molecule has 1 aromatic heterocycles. The molecule has 3 aliphatic heterocycles. The summed E-state index contributed by atoms with van der Waals surface area (Å²) in [6, 6.07) is 1.84. The highest BCUT2D eigenvalue weighted by molar-refractivity contribution is 5.73. The van der Waals surface area contributed by atoms with Crippen molar-refractivity contribution >= 4 is 17.9 Å². The molecule has 0 radical (unpaired) electrons. The lowest BCUT2D eigenvalue weighted by molar-refractivity contribution is -0.428. The fraction of sp³-hybridized carbons (Fsp3) is 0.690. The quantitative estimate of drug-likeness (QED) is 0.354. The van der Waals surface area contributed by atoms with E-state index in [2.05, 4.69) is 6.92 Å². The van der Waals surface area contributed by atoms with Gasteiger partial charge < -0.3 is 28.5 Å². The van der Waals surface area contributed by atoms with Crippen LogP contribution in [0.3, 0.4) is 0 Å². The number of aliphatic hydroxyl groups is 1. The van der Waals surface area contributed by atoms with Crippen molar-refractivity contribution in [3.63, 3.8) is 0 Å². The second kappa shape index (κ2) is 8.18. The van der Waals surface area contributed by atoms with Crippen molar-refractivity contribution in [2.45, 2.75) is 71.4 Å². The Morgan fingerprint density at radius 3 is 2.61 bits per heavy atom. The maximum atomic E-state index is 13.0. The van der Waals surface area contributed by atoms with Crippen LogP contribution < -0.4 is 0 Å². The molecule has 6 aliphatic rings. The molecule has 206 valence electrons. The molecule has 0 aromatic carbocycles. The lowest BCUT2D eigenvalue weighted by Gasteiger charge is -2.73. The van der Waals surface area contributed by atoms with Crippen LogP contribution in [-0.4, -0.2) is 48.6 Å². The van der Waals surface area contributed by atoms with Crippen LogP contribution in [0.25, 0.3) is 0 Å². The van der Waals surface area contributed by atoms with Crippen molar-refractivity contribution in [1.82, 2.24) is 0 Å². The van der Waals surface area contributed by atoms with Crippen LogP contribution in [0.4, 0.5) is 0 Å². The van der Waals surface area contributed by atoms with Gasteiger partial charge in [0.05, 0.1) is 38.6 Å². The summed E-state index contributed by atoms with van der Waals surface area (Å²) in [4.78, 5) is 38.0. The number of furan rings is 1. The maximum absolute atomic E-state index is 13.0. The maximum Gasteiger partial charge on any atom is 0.307 e. The number of rotatable bonds is 4. The summed E-state index contributed by atoms with van der Waals surface area (Å²) in [5.41, 5.74) is -0.129. The zero-order chi connectivity index (χ0) is 27.3. The van der Waals surface area contributed by atoms with Gasteiger partial charge in [-0.25, -0.2) is 0 Å². The van der Waals surface area contributed by atoms with E-state index in [0.29, 0.717) is 6.42 Å². The minimum absolute atomic E-state index is 0.0606. The number of hydrogen-bond donors (Lipinski definition) is 1. The highest BCUT2D eigenvalue weighted by atomic mass is 16.6. The number of esters is 3. The van der Waals surface area contributed by atoms with Crippen molar-refractivity contribution in [2.24, 2.45) is 39.9 Å². The van der Waals surface area contributed by atoms with Crippen molar-refractivity contribution in [1.29, 1.82) is 0 Å². The van der Waals surface area contributed by atoms with E-state index < -0.39 is 46.1 Å². The summed E-state index contributed by atoms with van der Waals surface area (Å²) in [6.07, 6.45) is 5.80. The Balaban J connectivity index is 1.52. The molecule has 4 heterocycles. The topological polar surface area (TPSA) is 122 Å². The van der Waals surface area contributed by atoms with Gasteiger partial charge in [-0.2, -0.15) is 0 Å². The molecule has 38 heavy (non-hydrogen) atoms. The molecule has 3 aliphatic carbocycles. The summed E-state index contributed by atoms with van der Waals surface area (Å²) < 4.78 is 28.5. The average Bonchev–Trinajstić information content (AvgIpc) is 3.39. The summed E-state index contributed by atoms with van der Waals surface area (Å²) in [6.45, 7) is 7.65. The van der Waals surface area contributed by atoms with Gasteiger partial charge >= 0.3 is 17.9 Å². The Morgan fingerprint density at radius 2 is 1.95 bits per heavy atom. The molecule has 0 spiro atoms. The summed E-state index contributed by atoms with van der Waals surface area (Å²) in [7, 11) is 1.35. The predicted molar refractivity (Wildman–Crippen MR) is 131 cm³/mol. The first-order valence-corrected chi connectivity index (χ1v) is 13.4. The summed E-state index contributed by atoms with van der Waals surface area (Å²) in [5.74, 6) is -4.12. The van der Waals surface area contributed by atoms with E-state index in [9.17, 15) is 19.5 Å². The minimum Gasteiger partial charge on any atom is -0.472 e. The van der Waals surface area contributed by atoms with Gasteiger partial charge in [0.15, 0.2) is 5.79 Å². The first-order valence-electron chi connectivity index (χ1n) is 13.4. The number of methoxy groups -OCH3 is 1. The highest BCUT2D eigenvalue weighted by Gasteiger charge is 2.78. The predicted octanol–water partition coefficient (Wildman–Crippen LogP) is 3.71. The SMILES string of the molecule is COC(=O)C[C@H]1[C@]2(C)CO[C@]3(O)[C@@H](C=C4[C@@H]5CC(=O)O[C@@H](c6ccoc6)[C@]5(C)CC[C@@H]4[C@]13C)[C@H]2OC(C)=O. The smallest absolute Gasteiger partial charge is 0.307 e. The van der Waals surface area contributed by atoms with Gasteiger partial charge in [0.1, 0.15) is 12.2 Å². The van der Waals surface area contributed by atoms with Crippen molar-refractivity contribution in [2.75, 3.05) is 13.7 Å². The molecule has 10 atom stereocenters. The molecule has 9 heteroatoms. The van der Waals surface area contributed by atoms with Gasteiger partial charge in [0.2, 0.25) is 0 Å². The third kappa shape index (κ3) is 3.09.